The van der Waals surface area contributed by atoms with Gasteiger partial charge in [-0.3, -0.25) is 4.79 Å². The average molecular weight is 248 g/mol. The fourth-order valence-corrected chi connectivity index (χ4v) is 2.35. The molecule has 5 heteroatoms. The second-order valence-electron chi connectivity index (χ2n) is 4.91. The van der Waals surface area contributed by atoms with Crippen molar-refractivity contribution in [3.8, 4) is 0 Å². The number of carbonyl (C=O) groups is 1. The van der Waals surface area contributed by atoms with Crippen LogP contribution in [0.25, 0.3) is 0 Å². The average Bonchev–Trinajstić information content (AvgIpc) is 2.31. The van der Waals surface area contributed by atoms with Crippen LogP contribution in [0.4, 0.5) is 11.4 Å². The number of hydrogen-bond donors (Lipinski definition) is 3. The van der Waals surface area contributed by atoms with Crippen molar-refractivity contribution in [2.45, 2.75) is 18.9 Å². The Morgan fingerprint density at radius 1 is 1.50 bits per heavy atom. The lowest BCUT2D eigenvalue weighted by Crippen LogP contribution is -2.39. The van der Waals surface area contributed by atoms with E-state index in [1.165, 1.54) is 6.42 Å². The van der Waals surface area contributed by atoms with Crippen molar-refractivity contribution in [3.05, 3.63) is 23.8 Å². The van der Waals surface area contributed by atoms with E-state index in [1.54, 1.807) is 12.1 Å². The number of rotatable bonds is 3. The Kier molecular flexibility index (Phi) is 3.72. The molecule has 0 radical (unpaired) electrons. The summed E-state index contributed by atoms with van der Waals surface area (Å²) in [7, 11) is 2.12. The Balaban J connectivity index is 2.07. The first-order valence-electron chi connectivity index (χ1n) is 6.20. The van der Waals surface area contributed by atoms with E-state index in [0.29, 0.717) is 17.3 Å². The zero-order valence-electron chi connectivity index (χ0n) is 10.6. The molecule has 0 aliphatic carbocycles. The van der Waals surface area contributed by atoms with Crippen molar-refractivity contribution in [3.63, 3.8) is 0 Å². The van der Waals surface area contributed by atoms with Crippen molar-refractivity contribution in [2.75, 3.05) is 31.2 Å². The van der Waals surface area contributed by atoms with Crippen LogP contribution < -0.4 is 16.8 Å². The van der Waals surface area contributed by atoms with Crippen LogP contribution in [0.15, 0.2) is 18.2 Å². The highest BCUT2D eigenvalue weighted by molar-refractivity contribution is 5.94. The number of piperidine rings is 1. The lowest BCUT2D eigenvalue weighted by molar-refractivity contribution is 0.100. The molecule has 1 aromatic carbocycles. The highest BCUT2D eigenvalue weighted by atomic mass is 16.1. The zero-order valence-corrected chi connectivity index (χ0v) is 10.6. The number of nitrogens with two attached hydrogens (primary N) is 2. The van der Waals surface area contributed by atoms with Crippen LogP contribution in [-0.2, 0) is 0 Å². The highest BCUT2D eigenvalue weighted by Crippen LogP contribution is 2.22. The standard InChI is InChI=1S/C13H20N4O/c1-17-6-2-3-10(8-17)16-12-5-4-9(13(15)18)7-11(12)14/h4-5,7,10,16H,2-3,6,8,14H2,1H3,(H2,15,18). The minimum atomic E-state index is -0.453. The number of likely N-dealkylation sites (N-methyl/N-ethyl adjacent to an activating group) is 1. The van der Waals surface area contributed by atoms with E-state index < -0.39 is 5.91 Å². The number of hydrogen-bond acceptors (Lipinski definition) is 4. The SMILES string of the molecule is CN1CCCC(Nc2ccc(C(N)=O)cc2N)C1. The third-order valence-corrected chi connectivity index (χ3v) is 3.32. The van der Waals surface area contributed by atoms with E-state index in [0.717, 1.165) is 25.2 Å². The smallest absolute Gasteiger partial charge is 0.248 e. The predicted octanol–water partition coefficient (Wildman–Crippen LogP) is 0.874. The first-order chi connectivity index (χ1) is 8.56. The Bertz CT molecular complexity index is 447. The van der Waals surface area contributed by atoms with E-state index >= 15 is 0 Å². The number of likely N-dealkylation sites (tertiary alicyclic amines) is 1. The lowest BCUT2D eigenvalue weighted by Gasteiger charge is -2.31. The van der Waals surface area contributed by atoms with Gasteiger partial charge in [-0.2, -0.15) is 0 Å². The third kappa shape index (κ3) is 2.92. The number of nitrogens with zero attached hydrogens (tertiary/aromatic N) is 1. The van der Waals surface area contributed by atoms with Crippen LogP contribution in [0.1, 0.15) is 23.2 Å². The van der Waals surface area contributed by atoms with Crippen molar-refractivity contribution in [1.29, 1.82) is 0 Å². The molecule has 1 fully saturated rings. The van der Waals surface area contributed by atoms with Gasteiger partial charge in [0.1, 0.15) is 0 Å². The molecule has 0 spiro atoms. The van der Waals surface area contributed by atoms with Gasteiger partial charge in [-0.25, -0.2) is 0 Å². The lowest BCUT2D eigenvalue weighted by atomic mass is 10.1. The number of nitrogens with one attached hydrogen (secondary N) is 1. The van der Waals surface area contributed by atoms with Gasteiger partial charge in [0.15, 0.2) is 0 Å². The van der Waals surface area contributed by atoms with Crippen molar-refractivity contribution in [1.82, 2.24) is 4.90 Å². The maximum atomic E-state index is 11.0. The fraction of sp³-hybridized carbons (Fsp3) is 0.462. The van der Waals surface area contributed by atoms with Gasteiger partial charge in [0.2, 0.25) is 5.91 Å². The van der Waals surface area contributed by atoms with Gasteiger partial charge in [-0.05, 0) is 44.6 Å². The fourth-order valence-electron chi connectivity index (χ4n) is 2.35. The summed E-state index contributed by atoms with van der Waals surface area (Å²) >= 11 is 0. The largest absolute Gasteiger partial charge is 0.397 e. The number of nitrogen functional groups attached to an aromatic ring is 1. The number of anilines is 2. The van der Waals surface area contributed by atoms with Gasteiger partial charge in [0.05, 0.1) is 11.4 Å². The summed E-state index contributed by atoms with van der Waals surface area (Å²) in [6.45, 7) is 2.16. The number of carbonyl (C=O) groups excluding carboxylic acids is 1. The molecule has 1 unspecified atom stereocenters. The van der Waals surface area contributed by atoms with E-state index in [-0.39, 0.29) is 0 Å². The number of benzene rings is 1. The summed E-state index contributed by atoms with van der Waals surface area (Å²) < 4.78 is 0. The van der Waals surface area contributed by atoms with Gasteiger partial charge >= 0.3 is 0 Å². The molecule has 1 amide bonds. The minimum Gasteiger partial charge on any atom is -0.397 e. The molecule has 0 saturated carbocycles. The molecule has 5 nitrogen and oxygen atoms in total. The van der Waals surface area contributed by atoms with Gasteiger partial charge in [0, 0.05) is 18.2 Å². The third-order valence-electron chi connectivity index (χ3n) is 3.32. The number of amides is 1. The minimum absolute atomic E-state index is 0.408. The van der Waals surface area contributed by atoms with E-state index in [4.69, 9.17) is 11.5 Å². The Hall–Kier alpha value is -1.75. The molecule has 1 heterocycles. The highest BCUT2D eigenvalue weighted by Gasteiger charge is 2.17. The summed E-state index contributed by atoms with van der Waals surface area (Å²) in [6.07, 6.45) is 2.33. The maximum absolute atomic E-state index is 11.0. The van der Waals surface area contributed by atoms with Gasteiger partial charge < -0.3 is 21.7 Å². The van der Waals surface area contributed by atoms with Gasteiger partial charge in [0.25, 0.3) is 0 Å². The molecule has 2 rings (SSSR count). The molecule has 1 aliphatic heterocycles. The van der Waals surface area contributed by atoms with Crippen LogP contribution >= 0.6 is 0 Å². The summed E-state index contributed by atoms with van der Waals surface area (Å²) in [5, 5.41) is 3.43. The normalized spacial score (nSPS) is 20.6. The topological polar surface area (TPSA) is 84.4 Å². The molecule has 1 aliphatic rings. The van der Waals surface area contributed by atoms with E-state index in [9.17, 15) is 4.79 Å². The second-order valence-corrected chi connectivity index (χ2v) is 4.91. The summed E-state index contributed by atoms with van der Waals surface area (Å²) in [6, 6.07) is 5.56. The molecule has 5 N–H and O–H groups in total. The monoisotopic (exact) mass is 248 g/mol. The number of primary amides is 1. The molecule has 98 valence electrons. The summed E-state index contributed by atoms with van der Waals surface area (Å²) in [5.74, 6) is -0.453. The molecule has 1 atom stereocenters. The molecular weight excluding hydrogens is 228 g/mol. The first-order valence-corrected chi connectivity index (χ1v) is 6.20. The van der Waals surface area contributed by atoms with Crippen molar-refractivity contribution in [2.24, 2.45) is 5.73 Å². The molecule has 18 heavy (non-hydrogen) atoms. The first kappa shape index (κ1) is 12.7. The van der Waals surface area contributed by atoms with Gasteiger partial charge in [-0.15, -0.1) is 0 Å². The zero-order chi connectivity index (χ0) is 13.1. The molecule has 0 bridgehead atoms. The Morgan fingerprint density at radius 2 is 2.28 bits per heavy atom. The molecule has 1 aromatic rings. The van der Waals surface area contributed by atoms with Crippen molar-refractivity contribution >= 4 is 17.3 Å². The maximum Gasteiger partial charge on any atom is 0.248 e. The van der Waals surface area contributed by atoms with Crippen LogP contribution in [0.2, 0.25) is 0 Å². The molecular formula is C13H20N4O. The summed E-state index contributed by atoms with van der Waals surface area (Å²) in [5.41, 5.74) is 13.0. The van der Waals surface area contributed by atoms with Crippen LogP contribution in [0.3, 0.4) is 0 Å². The molecule has 1 saturated heterocycles. The van der Waals surface area contributed by atoms with Crippen LogP contribution in [-0.4, -0.2) is 37.0 Å². The van der Waals surface area contributed by atoms with Crippen LogP contribution in [0.5, 0.6) is 0 Å². The summed E-state index contributed by atoms with van der Waals surface area (Å²) in [4.78, 5) is 13.3. The van der Waals surface area contributed by atoms with E-state index in [2.05, 4.69) is 17.3 Å². The quantitative estimate of drug-likeness (QED) is 0.693. The van der Waals surface area contributed by atoms with E-state index in [1.807, 2.05) is 6.07 Å². The Labute approximate surface area is 107 Å². The van der Waals surface area contributed by atoms with Crippen molar-refractivity contribution < 1.29 is 4.79 Å². The van der Waals surface area contributed by atoms with Gasteiger partial charge in [-0.1, -0.05) is 0 Å². The molecule has 0 aromatic heterocycles. The second kappa shape index (κ2) is 5.27. The predicted molar refractivity (Wildman–Crippen MR) is 73.5 cm³/mol. The Morgan fingerprint density at radius 3 is 2.89 bits per heavy atom. The van der Waals surface area contributed by atoms with Crippen LogP contribution in [0, 0.1) is 0 Å².